The summed E-state index contributed by atoms with van der Waals surface area (Å²) in [7, 11) is 0. The van der Waals surface area contributed by atoms with E-state index in [1.54, 1.807) is 24.5 Å². The van der Waals surface area contributed by atoms with Crippen molar-refractivity contribution in [3.05, 3.63) is 72.1 Å². The molecule has 3 aromatic rings. The number of guanidine groups is 1. The van der Waals surface area contributed by atoms with Crippen LogP contribution in [0.1, 0.15) is 5.56 Å². The number of hydrogen-bond donors (Lipinski definition) is 1. The van der Waals surface area contributed by atoms with Gasteiger partial charge in [-0.25, -0.2) is 19.2 Å². The molecule has 0 bridgehead atoms. The number of benzene rings is 1. The summed E-state index contributed by atoms with van der Waals surface area (Å²) in [5.41, 5.74) is 6.89. The molecular weight excluding hydrogens is 415 g/mol. The molecule has 0 aliphatic carbocycles. The average Bonchev–Trinajstić information content (AvgIpc) is 3.43. The first-order chi connectivity index (χ1) is 15.6. The van der Waals surface area contributed by atoms with Crippen molar-refractivity contribution in [2.45, 2.75) is 0 Å². The van der Waals surface area contributed by atoms with Gasteiger partial charge in [0.2, 0.25) is 5.90 Å². The number of carbonyl (C=O) groups excluding carboxylic acids is 1. The maximum atomic E-state index is 13.9. The van der Waals surface area contributed by atoms with Crippen LogP contribution >= 0.6 is 0 Å². The number of aliphatic imine (C=N–C) groups is 2. The minimum Gasteiger partial charge on any atom is -0.461 e. The second-order valence-electron chi connectivity index (χ2n) is 7.26. The number of pyridine rings is 1. The molecule has 0 atom stereocenters. The van der Waals surface area contributed by atoms with Gasteiger partial charge in [-0.05, 0) is 30.3 Å². The number of halogens is 1. The van der Waals surface area contributed by atoms with Crippen molar-refractivity contribution in [2.24, 2.45) is 15.7 Å². The van der Waals surface area contributed by atoms with Crippen molar-refractivity contribution in [3.63, 3.8) is 0 Å². The van der Waals surface area contributed by atoms with Crippen molar-refractivity contribution in [3.8, 4) is 0 Å². The van der Waals surface area contributed by atoms with Gasteiger partial charge in [-0.15, -0.1) is 0 Å². The Kier molecular flexibility index (Phi) is 5.02. The predicted octanol–water partition coefficient (Wildman–Crippen LogP) is 2.38. The van der Waals surface area contributed by atoms with Gasteiger partial charge in [-0.2, -0.15) is 4.99 Å². The van der Waals surface area contributed by atoms with E-state index in [2.05, 4.69) is 15.0 Å². The van der Waals surface area contributed by atoms with Crippen molar-refractivity contribution >= 4 is 34.6 Å². The fourth-order valence-corrected chi connectivity index (χ4v) is 3.59. The number of nitrogens with zero attached hydrogens (tertiary/aromatic N) is 5. The number of aromatic nitrogens is 1. The molecule has 0 amide bonds. The smallest absolute Gasteiger partial charge is 0.365 e. The Bertz CT molecular complexity index is 1260. The molecular formula is C22H19FN6O3. The van der Waals surface area contributed by atoms with Crippen molar-refractivity contribution in [1.82, 2.24) is 14.8 Å². The SMILES string of the molecule is N/C(=N\c1ccccn1)N1CCN(/C=C2\N=C(c3ccc(F)c4occc34)OC2=O)CC1. The molecule has 2 aromatic heterocycles. The fourth-order valence-electron chi connectivity index (χ4n) is 3.59. The Morgan fingerprint density at radius 3 is 2.78 bits per heavy atom. The summed E-state index contributed by atoms with van der Waals surface area (Å²) in [5.74, 6) is 0.0329. The van der Waals surface area contributed by atoms with Gasteiger partial charge in [0.25, 0.3) is 0 Å². The molecule has 2 N–H and O–H groups in total. The first kappa shape index (κ1) is 19.7. The van der Waals surface area contributed by atoms with E-state index in [0.717, 1.165) is 0 Å². The molecule has 0 radical (unpaired) electrons. The zero-order chi connectivity index (χ0) is 22.1. The van der Waals surface area contributed by atoms with Crippen molar-refractivity contribution < 1.29 is 18.3 Å². The lowest BCUT2D eigenvalue weighted by molar-refractivity contribution is -0.130. The molecule has 1 fully saturated rings. The maximum Gasteiger partial charge on any atom is 0.365 e. The number of nitrogens with two attached hydrogens (primary N) is 1. The zero-order valence-electron chi connectivity index (χ0n) is 16.9. The average molecular weight is 434 g/mol. The summed E-state index contributed by atoms with van der Waals surface area (Å²) in [4.78, 5) is 29.1. The van der Waals surface area contributed by atoms with Gasteiger partial charge in [0.1, 0.15) is 0 Å². The van der Waals surface area contributed by atoms with E-state index in [-0.39, 0.29) is 17.2 Å². The first-order valence-electron chi connectivity index (χ1n) is 10.0. The molecule has 1 saturated heterocycles. The molecule has 10 heteroatoms. The standard InChI is InChI=1S/C22H19FN6O3/c23-16-5-4-15(14-6-12-31-19(14)16)20-26-17(21(30)32-20)13-28-8-10-29(11-9-28)22(24)27-18-3-1-2-7-25-18/h1-7,12-13H,8-11H2,(H2,24,25,27)/b17-13-. The van der Waals surface area contributed by atoms with Crippen LogP contribution in [0.2, 0.25) is 0 Å². The number of hydrogen-bond acceptors (Lipinski definition) is 7. The molecule has 9 nitrogen and oxygen atoms in total. The van der Waals surface area contributed by atoms with E-state index in [0.29, 0.717) is 48.9 Å². The molecule has 2 aliphatic rings. The summed E-state index contributed by atoms with van der Waals surface area (Å²) in [6, 6.07) is 9.84. The highest BCUT2D eigenvalue weighted by atomic mass is 19.1. The van der Waals surface area contributed by atoms with E-state index < -0.39 is 11.8 Å². The van der Waals surface area contributed by atoms with Crippen LogP contribution in [0.3, 0.4) is 0 Å². The quantitative estimate of drug-likeness (QED) is 0.292. The van der Waals surface area contributed by atoms with Crippen molar-refractivity contribution in [1.29, 1.82) is 0 Å². The summed E-state index contributed by atoms with van der Waals surface area (Å²) >= 11 is 0. The van der Waals surface area contributed by atoms with E-state index in [1.807, 2.05) is 21.9 Å². The monoisotopic (exact) mass is 434 g/mol. The lowest BCUT2D eigenvalue weighted by atomic mass is 10.1. The number of ether oxygens (including phenoxy) is 1. The van der Waals surface area contributed by atoms with E-state index in [1.165, 1.54) is 18.4 Å². The van der Waals surface area contributed by atoms with Gasteiger partial charge < -0.3 is 24.7 Å². The van der Waals surface area contributed by atoms with Gasteiger partial charge in [-0.3, -0.25) is 0 Å². The number of esters is 1. The van der Waals surface area contributed by atoms with Gasteiger partial charge >= 0.3 is 5.97 Å². The van der Waals surface area contributed by atoms with Crippen LogP contribution in [0.4, 0.5) is 10.2 Å². The van der Waals surface area contributed by atoms with Gasteiger partial charge in [0.15, 0.2) is 28.9 Å². The normalized spacial score (nSPS) is 18.4. The Morgan fingerprint density at radius 1 is 1.16 bits per heavy atom. The third-order valence-electron chi connectivity index (χ3n) is 5.24. The van der Waals surface area contributed by atoms with Crippen molar-refractivity contribution in [2.75, 3.05) is 26.2 Å². The van der Waals surface area contributed by atoms with Gasteiger partial charge in [0, 0.05) is 49.5 Å². The topological polar surface area (TPSA) is 110 Å². The zero-order valence-corrected chi connectivity index (χ0v) is 16.9. The van der Waals surface area contributed by atoms with E-state index >= 15 is 0 Å². The highest BCUT2D eigenvalue weighted by molar-refractivity contribution is 6.15. The highest BCUT2D eigenvalue weighted by Gasteiger charge is 2.28. The number of fused-ring (bicyclic) bond motifs is 1. The van der Waals surface area contributed by atoms with Gasteiger partial charge in [-0.1, -0.05) is 6.07 Å². The molecule has 4 heterocycles. The Morgan fingerprint density at radius 2 is 2.00 bits per heavy atom. The summed E-state index contributed by atoms with van der Waals surface area (Å²) in [6.07, 6.45) is 4.72. The van der Waals surface area contributed by atoms with Crippen LogP contribution in [-0.4, -0.2) is 58.8 Å². The highest BCUT2D eigenvalue weighted by Crippen LogP contribution is 2.27. The third-order valence-corrected chi connectivity index (χ3v) is 5.24. The van der Waals surface area contributed by atoms with Gasteiger partial charge in [0.05, 0.1) is 6.26 Å². The maximum absolute atomic E-state index is 13.9. The lowest BCUT2D eigenvalue weighted by Gasteiger charge is -2.34. The number of cyclic esters (lactones) is 1. The van der Waals surface area contributed by atoms with E-state index in [9.17, 15) is 9.18 Å². The summed E-state index contributed by atoms with van der Waals surface area (Å²) in [5, 5.41) is 0.495. The molecule has 2 aliphatic heterocycles. The van der Waals surface area contributed by atoms with Crippen LogP contribution in [0.15, 0.2) is 75.2 Å². The minimum atomic E-state index is -0.556. The fraction of sp³-hybridized carbons (Fsp3) is 0.182. The summed E-state index contributed by atoms with van der Waals surface area (Å²) < 4.78 is 24.4. The second-order valence-corrected chi connectivity index (χ2v) is 7.26. The summed E-state index contributed by atoms with van der Waals surface area (Å²) in [6.45, 7) is 2.52. The first-order valence-corrected chi connectivity index (χ1v) is 10.0. The Balaban J connectivity index is 1.29. The number of rotatable bonds is 3. The van der Waals surface area contributed by atoms with Crippen LogP contribution < -0.4 is 5.73 Å². The number of piperazine rings is 1. The predicted molar refractivity (Wildman–Crippen MR) is 116 cm³/mol. The molecule has 1 aromatic carbocycles. The van der Waals surface area contributed by atoms with Crippen LogP contribution in [0.5, 0.6) is 0 Å². The van der Waals surface area contributed by atoms with Crippen LogP contribution in [0.25, 0.3) is 11.0 Å². The third kappa shape index (κ3) is 3.78. The molecule has 32 heavy (non-hydrogen) atoms. The molecule has 0 unspecified atom stereocenters. The Labute approximate surface area is 182 Å². The number of furan rings is 1. The van der Waals surface area contributed by atoms with Crippen LogP contribution in [0, 0.1) is 5.82 Å². The molecule has 0 saturated carbocycles. The Hall–Kier alpha value is -4.21. The van der Waals surface area contributed by atoms with E-state index in [4.69, 9.17) is 14.9 Å². The van der Waals surface area contributed by atoms with Crippen LogP contribution in [-0.2, 0) is 9.53 Å². The minimum absolute atomic E-state index is 0.0970. The largest absolute Gasteiger partial charge is 0.461 e. The molecule has 5 rings (SSSR count). The molecule has 162 valence electrons. The lowest BCUT2D eigenvalue weighted by Crippen LogP contribution is -2.49. The number of carbonyl (C=O) groups is 1. The second kappa shape index (κ2) is 8.14. The molecule has 0 spiro atoms.